The highest BCUT2D eigenvalue weighted by Crippen LogP contribution is 2.40. The van der Waals surface area contributed by atoms with Crippen molar-refractivity contribution < 1.29 is 0 Å². The number of hydrogen-bond donors (Lipinski definition) is 0. The van der Waals surface area contributed by atoms with Gasteiger partial charge in [0.25, 0.3) is 0 Å². The van der Waals surface area contributed by atoms with E-state index in [4.69, 9.17) is 0 Å². The number of hydrogen-bond acceptors (Lipinski definition) is 4. The molecule has 0 atom stereocenters. The van der Waals surface area contributed by atoms with Crippen LogP contribution in [-0.4, -0.2) is 11.5 Å². The van der Waals surface area contributed by atoms with Crippen molar-refractivity contribution >= 4 is 58.3 Å². The Morgan fingerprint density at radius 2 is 0.615 bits per heavy atom. The largest absolute Gasteiger partial charge is 0.129 e. The highest BCUT2D eigenvalue weighted by molar-refractivity contribution is 8.01. The zero-order valence-electron chi connectivity index (χ0n) is 33.6. The molecule has 2 aromatic heterocycles. The molecule has 0 aromatic carbocycles. The molecular formula is C48H70S4. The van der Waals surface area contributed by atoms with Gasteiger partial charge in [0.2, 0.25) is 0 Å². The molecule has 2 heterocycles. The molecule has 0 spiro atoms. The van der Waals surface area contributed by atoms with Crippen molar-refractivity contribution in [3.8, 4) is 0 Å². The zero-order valence-corrected chi connectivity index (χ0v) is 36.9. The summed E-state index contributed by atoms with van der Waals surface area (Å²) in [6.07, 6.45) is 54.5. The molecule has 0 N–H and O–H groups in total. The van der Waals surface area contributed by atoms with Crippen molar-refractivity contribution in [1.82, 2.24) is 0 Å². The minimum absolute atomic E-state index is 1.21. The Balaban J connectivity index is 1.92. The second-order valence-electron chi connectivity index (χ2n) is 13.3. The normalized spacial score (nSPS) is 13.0. The summed E-state index contributed by atoms with van der Waals surface area (Å²) < 4.78 is 3.15. The second kappa shape index (κ2) is 31.4. The van der Waals surface area contributed by atoms with Crippen LogP contribution in [0.4, 0.5) is 0 Å². The van der Waals surface area contributed by atoms with Gasteiger partial charge in [-0.25, -0.2) is 0 Å². The van der Waals surface area contributed by atoms with Gasteiger partial charge >= 0.3 is 0 Å². The average Bonchev–Trinajstić information content (AvgIpc) is 3.66. The lowest BCUT2D eigenvalue weighted by Gasteiger charge is -2.07. The summed E-state index contributed by atoms with van der Waals surface area (Å²) in [5.74, 6) is 2.47. The van der Waals surface area contributed by atoms with Crippen molar-refractivity contribution in [2.75, 3.05) is 11.5 Å². The predicted molar refractivity (Wildman–Crippen MR) is 247 cm³/mol. The van der Waals surface area contributed by atoms with Crippen LogP contribution in [-0.2, 0) is 25.7 Å². The molecule has 0 fully saturated rings. The first-order valence-corrected chi connectivity index (χ1v) is 24.1. The van der Waals surface area contributed by atoms with Crippen LogP contribution < -0.4 is 0 Å². The molecule has 286 valence electrons. The molecule has 0 radical (unpaired) electrons. The highest BCUT2D eigenvalue weighted by Gasteiger charge is 2.17. The standard InChI is InChI=1S/C48H70S4/c1-7-13-33-41-43(35-15-9-3)47(49-39-17-11-5)51-45(41)37-31-29-27-25-23-21-19-20-22-24-26-28-30-32-38-46-42(34-14-8-2)44(36-16-10-4)48(52-46)50-40-18-12-6/h19-32,37-38H,7-18,33-36,39-40H2,1-6H3/b21-19+,22-20+,25-23+,26-24+,29-27+,30-28+,37-31+,38-32+. The van der Waals surface area contributed by atoms with Crippen molar-refractivity contribution in [3.63, 3.8) is 0 Å². The van der Waals surface area contributed by atoms with Crippen LogP contribution in [0, 0.1) is 0 Å². The highest BCUT2D eigenvalue weighted by atomic mass is 32.2. The summed E-state index contributed by atoms with van der Waals surface area (Å²) in [5, 5.41) is 0. The Morgan fingerprint density at radius 3 is 0.904 bits per heavy atom. The predicted octanol–water partition coefficient (Wildman–Crippen LogP) is 17.0. The number of unbranched alkanes of at least 4 members (excludes halogenated alkanes) is 6. The lowest BCUT2D eigenvalue weighted by Crippen LogP contribution is -1.94. The first-order valence-electron chi connectivity index (χ1n) is 20.5. The van der Waals surface area contributed by atoms with E-state index in [-0.39, 0.29) is 0 Å². The molecule has 52 heavy (non-hydrogen) atoms. The van der Waals surface area contributed by atoms with Crippen LogP contribution >= 0.6 is 46.2 Å². The fourth-order valence-electron chi connectivity index (χ4n) is 5.63. The van der Waals surface area contributed by atoms with Gasteiger partial charge in [0.05, 0.1) is 8.42 Å². The maximum atomic E-state index is 2.34. The Labute approximate surface area is 337 Å². The Kier molecular flexibility index (Phi) is 27.9. The summed E-state index contributed by atoms with van der Waals surface area (Å²) in [5.41, 5.74) is 6.54. The second-order valence-corrected chi connectivity index (χ2v) is 18.1. The van der Waals surface area contributed by atoms with Gasteiger partial charge in [0.15, 0.2) is 0 Å². The van der Waals surface area contributed by atoms with E-state index >= 15 is 0 Å². The van der Waals surface area contributed by atoms with E-state index in [1.807, 2.05) is 22.7 Å². The first kappa shape index (κ1) is 46.2. The molecule has 0 amide bonds. The Hall–Kier alpha value is -1.98. The van der Waals surface area contributed by atoms with Crippen LogP contribution in [0.2, 0.25) is 0 Å². The minimum Gasteiger partial charge on any atom is -0.129 e. The number of thiophene rings is 2. The number of rotatable bonds is 29. The first-order chi connectivity index (χ1) is 25.6. The van der Waals surface area contributed by atoms with E-state index in [0.717, 1.165) is 0 Å². The maximum Gasteiger partial charge on any atom is 0.0639 e. The lowest BCUT2D eigenvalue weighted by atomic mass is 10.0. The van der Waals surface area contributed by atoms with Gasteiger partial charge in [-0.3, -0.25) is 0 Å². The molecule has 0 aliphatic carbocycles. The van der Waals surface area contributed by atoms with Crippen LogP contribution in [0.25, 0.3) is 12.2 Å². The molecule has 0 aliphatic heterocycles. The fraction of sp³-hybridized carbons (Fsp3) is 0.500. The van der Waals surface area contributed by atoms with Crippen LogP contribution in [0.1, 0.15) is 151 Å². The van der Waals surface area contributed by atoms with E-state index in [2.05, 4.69) is 162 Å². The monoisotopic (exact) mass is 774 g/mol. The molecule has 4 heteroatoms. The molecule has 0 aliphatic rings. The molecular weight excluding hydrogens is 705 g/mol. The minimum atomic E-state index is 1.21. The summed E-state index contributed by atoms with van der Waals surface area (Å²) in [6.45, 7) is 13.8. The van der Waals surface area contributed by atoms with Crippen LogP contribution in [0.15, 0.2) is 93.5 Å². The number of thioether (sulfide) groups is 2. The molecule has 0 saturated carbocycles. The topological polar surface area (TPSA) is 0 Å². The van der Waals surface area contributed by atoms with Gasteiger partial charge in [-0.05, 0) is 110 Å². The lowest BCUT2D eigenvalue weighted by molar-refractivity contribution is 0.755. The van der Waals surface area contributed by atoms with Gasteiger partial charge in [-0.1, -0.05) is 165 Å². The van der Waals surface area contributed by atoms with Gasteiger partial charge in [-0.2, -0.15) is 0 Å². The summed E-state index contributed by atoms with van der Waals surface area (Å²) in [6, 6.07) is 0. The smallest absolute Gasteiger partial charge is 0.0639 e. The molecule has 0 bridgehead atoms. The van der Waals surface area contributed by atoms with Crippen molar-refractivity contribution in [2.45, 2.75) is 153 Å². The summed E-state index contributed by atoms with van der Waals surface area (Å²) in [7, 11) is 0. The molecule has 2 rings (SSSR count). The Morgan fingerprint density at radius 1 is 0.346 bits per heavy atom. The van der Waals surface area contributed by atoms with Gasteiger partial charge in [0.1, 0.15) is 0 Å². The van der Waals surface area contributed by atoms with Crippen LogP contribution in [0.5, 0.6) is 0 Å². The van der Waals surface area contributed by atoms with Gasteiger partial charge in [0, 0.05) is 9.75 Å². The van der Waals surface area contributed by atoms with E-state index in [1.165, 1.54) is 124 Å². The van der Waals surface area contributed by atoms with Crippen LogP contribution in [0.3, 0.4) is 0 Å². The third-order valence-electron chi connectivity index (χ3n) is 8.74. The summed E-state index contributed by atoms with van der Waals surface area (Å²) in [4.78, 5) is 2.94. The van der Waals surface area contributed by atoms with Crippen molar-refractivity contribution in [2.24, 2.45) is 0 Å². The third kappa shape index (κ3) is 18.9. The molecule has 0 unspecified atom stereocenters. The fourth-order valence-corrected chi connectivity index (χ4v) is 11.3. The van der Waals surface area contributed by atoms with Gasteiger partial charge < -0.3 is 0 Å². The molecule has 0 nitrogen and oxygen atoms in total. The van der Waals surface area contributed by atoms with Gasteiger partial charge in [-0.15, -0.1) is 46.2 Å². The quantitative estimate of drug-likeness (QED) is 0.0459. The van der Waals surface area contributed by atoms with E-state index in [0.29, 0.717) is 0 Å². The Bertz CT molecular complexity index is 1340. The van der Waals surface area contributed by atoms with Crippen molar-refractivity contribution in [3.05, 3.63) is 117 Å². The third-order valence-corrected chi connectivity index (χ3v) is 14.0. The van der Waals surface area contributed by atoms with E-state index < -0.39 is 0 Å². The zero-order chi connectivity index (χ0) is 37.5. The summed E-state index contributed by atoms with van der Waals surface area (Å²) >= 11 is 8.23. The average molecular weight is 775 g/mol. The maximum absolute atomic E-state index is 2.34. The van der Waals surface area contributed by atoms with E-state index in [9.17, 15) is 0 Å². The molecule has 0 saturated heterocycles. The van der Waals surface area contributed by atoms with Crippen molar-refractivity contribution in [1.29, 1.82) is 0 Å². The van der Waals surface area contributed by atoms with E-state index in [1.54, 1.807) is 30.7 Å². The SMILES string of the molecule is CCCCSc1sc(/C=C/C=C/C=C/C=C/C=C/C=C/C=C/C=C/c2sc(SCCCC)c(CCCC)c2CCCC)c(CCCC)c1CCCC. The molecule has 2 aromatic rings. The number of allylic oxidation sites excluding steroid dienone is 14.